The Morgan fingerprint density at radius 3 is 1.48 bits per heavy atom. The summed E-state index contributed by atoms with van der Waals surface area (Å²) in [6.07, 6.45) is 38.2. The van der Waals surface area contributed by atoms with Gasteiger partial charge in [0.2, 0.25) is 0 Å². The summed E-state index contributed by atoms with van der Waals surface area (Å²) in [5.41, 5.74) is 0. The van der Waals surface area contributed by atoms with Gasteiger partial charge in [0.1, 0.15) is 6.10 Å². The van der Waals surface area contributed by atoms with Crippen molar-refractivity contribution in [1.29, 1.82) is 0 Å². The van der Waals surface area contributed by atoms with Crippen molar-refractivity contribution in [2.45, 2.75) is 206 Å². The third kappa shape index (κ3) is 31.2. The second-order valence-corrected chi connectivity index (χ2v) is 12.1. The number of hydrogen-bond donors (Lipinski definition) is 1. The van der Waals surface area contributed by atoms with E-state index in [9.17, 15) is 9.59 Å². The van der Waals surface area contributed by atoms with E-state index in [1.54, 1.807) is 0 Å². The van der Waals surface area contributed by atoms with Crippen LogP contribution in [0.5, 0.6) is 0 Å². The summed E-state index contributed by atoms with van der Waals surface area (Å²) in [6, 6.07) is 0. The zero-order valence-electron chi connectivity index (χ0n) is 26.9. The lowest BCUT2D eigenvalue weighted by atomic mass is 10.0. The molecule has 0 aliphatic carbocycles. The van der Waals surface area contributed by atoms with E-state index in [0.717, 1.165) is 70.6 Å². The molecule has 0 aromatic heterocycles. The Morgan fingerprint density at radius 2 is 0.975 bits per heavy atom. The number of esters is 1. The highest BCUT2D eigenvalue weighted by atomic mass is 16.5. The Hall–Kier alpha value is -1.32. The van der Waals surface area contributed by atoms with E-state index in [4.69, 9.17) is 9.84 Å². The quantitative estimate of drug-likeness (QED) is 0.0501. The van der Waals surface area contributed by atoms with Crippen molar-refractivity contribution in [2.75, 3.05) is 0 Å². The summed E-state index contributed by atoms with van der Waals surface area (Å²) in [5, 5.41) is 8.69. The SMILES string of the molecule is CCCCCCCCCCCCCCCCCC(=O)OC(C/C=C/CCCCCCCC(=O)O)CCCCCC. The highest BCUT2D eigenvalue weighted by molar-refractivity contribution is 5.69. The molecule has 0 spiro atoms. The number of hydrogen-bond acceptors (Lipinski definition) is 3. The van der Waals surface area contributed by atoms with E-state index in [-0.39, 0.29) is 18.5 Å². The molecule has 0 bridgehead atoms. The fraction of sp³-hybridized carbons (Fsp3) is 0.889. The summed E-state index contributed by atoms with van der Waals surface area (Å²) in [7, 11) is 0. The zero-order chi connectivity index (χ0) is 29.4. The molecular weight excluding hydrogens is 496 g/mol. The second kappa shape index (κ2) is 32.2. The molecule has 236 valence electrons. The Morgan fingerprint density at radius 1 is 0.550 bits per heavy atom. The Labute approximate surface area is 249 Å². The van der Waals surface area contributed by atoms with Gasteiger partial charge in [-0.2, -0.15) is 0 Å². The number of carboxylic acid groups (broad SMARTS) is 1. The first-order valence-corrected chi connectivity index (χ1v) is 17.7. The molecule has 1 unspecified atom stereocenters. The first-order valence-electron chi connectivity index (χ1n) is 17.7. The standard InChI is InChI=1S/C36H68O4/c1-3-5-7-9-10-11-12-13-14-15-16-17-22-25-29-33-36(39)40-34(30-26-8-6-4-2)31-27-23-20-18-19-21-24-28-32-35(37)38/h23,27,34H,3-22,24-26,28-33H2,1-2H3,(H,37,38)/b27-23+. The van der Waals surface area contributed by atoms with Crippen LogP contribution in [-0.4, -0.2) is 23.1 Å². The van der Waals surface area contributed by atoms with Crippen LogP contribution in [0.3, 0.4) is 0 Å². The van der Waals surface area contributed by atoms with Crippen molar-refractivity contribution in [1.82, 2.24) is 0 Å². The zero-order valence-corrected chi connectivity index (χ0v) is 26.9. The third-order valence-corrected chi connectivity index (χ3v) is 7.99. The number of carboxylic acids is 1. The van der Waals surface area contributed by atoms with E-state index in [2.05, 4.69) is 26.0 Å². The fourth-order valence-electron chi connectivity index (χ4n) is 5.34. The molecule has 1 N–H and O–H groups in total. The highest BCUT2D eigenvalue weighted by Gasteiger charge is 2.13. The average Bonchev–Trinajstić information content (AvgIpc) is 2.93. The normalized spacial score (nSPS) is 12.2. The molecule has 4 nitrogen and oxygen atoms in total. The van der Waals surface area contributed by atoms with Gasteiger partial charge in [-0.05, 0) is 38.5 Å². The average molecular weight is 565 g/mol. The van der Waals surface area contributed by atoms with Crippen molar-refractivity contribution in [3.63, 3.8) is 0 Å². The lowest BCUT2D eigenvalue weighted by molar-refractivity contribution is -0.149. The molecule has 0 fully saturated rings. The fourth-order valence-corrected chi connectivity index (χ4v) is 5.34. The van der Waals surface area contributed by atoms with E-state index in [1.165, 1.54) is 103 Å². The van der Waals surface area contributed by atoms with Gasteiger partial charge < -0.3 is 9.84 Å². The van der Waals surface area contributed by atoms with Crippen LogP contribution in [0.1, 0.15) is 200 Å². The summed E-state index contributed by atoms with van der Waals surface area (Å²) >= 11 is 0. The van der Waals surface area contributed by atoms with Gasteiger partial charge in [0, 0.05) is 19.3 Å². The summed E-state index contributed by atoms with van der Waals surface area (Å²) < 4.78 is 5.90. The van der Waals surface area contributed by atoms with Crippen LogP contribution in [0.4, 0.5) is 0 Å². The molecule has 0 saturated heterocycles. The van der Waals surface area contributed by atoms with Gasteiger partial charge in [0.15, 0.2) is 0 Å². The van der Waals surface area contributed by atoms with Crippen LogP contribution in [0, 0.1) is 0 Å². The maximum absolute atomic E-state index is 12.5. The first kappa shape index (κ1) is 38.7. The predicted molar refractivity (Wildman–Crippen MR) is 172 cm³/mol. The minimum Gasteiger partial charge on any atom is -0.481 e. The number of aliphatic carboxylic acids is 1. The Kier molecular flexibility index (Phi) is 31.1. The van der Waals surface area contributed by atoms with E-state index in [1.807, 2.05) is 0 Å². The van der Waals surface area contributed by atoms with Crippen molar-refractivity contribution in [2.24, 2.45) is 0 Å². The van der Waals surface area contributed by atoms with E-state index < -0.39 is 5.97 Å². The minimum atomic E-state index is -0.692. The number of carbonyl (C=O) groups is 2. The monoisotopic (exact) mass is 565 g/mol. The maximum atomic E-state index is 12.5. The van der Waals surface area contributed by atoms with Gasteiger partial charge in [-0.3, -0.25) is 9.59 Å². The molecular formula is C36H68O4. The summed E-state index contributed by atoms with van der Waals surface area (Å²) in [6.45, 7) is 4.51. The van der Waals surface area contributed by atoms with Crippen LogP contribution < -0.4 is 0 Å². The molecule has 4 heteroatoms. The third-order valence-electron chi connectivity index (χ3n) is 7.99. The van der Waals surface area contributed by atoms with E-state index in [0.29, 0.717) is 6.42 Å². The largest absolute Gasteiger partial charge is 0.481 e. The van der Waals surface area contributed by atoms with Crippen molar-refractivity contribution >= 4 is 11.9 Å². The molecule has 0 aliphatic heterocycles. The molecule has 0 amide bonds. The Bertz CT molecular complexity index is 571. The van der Waals surface area contributed by atoms with Crippen molar-refractivity contribution in [3.05, 3.63) is 12.2 Å². The number of rotatable bonds is 32. The lowest BCUT2D eigenvalue weighted by Crippen LogP contribution is -2.17. The lowest BCUT2D eigenvalue weighted by Gasteiger charge is -2.16. The van der Waals surface area contributed by atoms with Crippen molar-refractivity contribution in [3.8, 4) is 0 Å². The highest BCUT2D eigenvalue weighted by Crippen LogP contribution is 2.17. The van der Waals surface area contributed by atoms with Gasteiger partial charge >= 0.3 is 11.9 Å². The molecule has 0 heterocycles. The van der Waals surface area contributed by atoms with Gasteiger partial charge in [0.05, 0.1) is 0 Å². The predicted octanol–water partition coefficient (Wildman–Crippen LogP) is 11.9. The first-order chi connectivity index (χ1) is 19.6. The van der Waals surface area contributed by atoms with Crippen LogP contribution in [-0.2, 0) is 14.3 Å². The second-order valence-electron chi connectivity index (χ2n) is 12.1. The number of allylic oxidation sites excluding steroid dienone is 1. The maximum Gasteiger partial charge on any atom is 0.306 e. The number of carbonyl (C=O) groups excluding carboxylic acids is 1. The molecule has 0 saturated carbocycles. The minimum absolute atomic E-state index is 0.00931. The summed E-state index contributed by atoms with van der Waals surface area (Å²) in [4.78, 5) is 23.0. The van der Waals surface area contributed by atoms with Gasteiger partial charge in [-0.15, -0.1) is 0 Å². The van der Waals surface area contributed by atoms with Crippen LogP contribution >= 0.6 is 0 Å². The molecule has 0 aromatic carbocycles. The molecule has 0 rings (SSSR count). The Balaban J connectivity index is 3.85. The van der Waals surface area contributed by atoms with Crippen LogP contribution in [0.2, 0.25) is 0 Å². The van der Waals surface area contributed by atoms with Crippen LogP contribution in [0.25, 0.3) is 0 Å². The summed E-state index contributed by atoms with van der Waals surface area (Å²) in [5.74, 6) is -0.701. The number of unbranched alkanes of at least 4 members (excludes halogenated alkanes) is 22. The molecule has 0 aromatic rings. The van der Waals surface area contributed by atoms with E-state index >= 15 is 0 Å². The topological polar surface area (TPSA) is 63.6 Å². The smallest absolute Gasteiger partial charge is 0.306 e. The van der Waals surface area contributed by atoms with Gasteiger partial charge in [0.25, 0.3) is 0 Å². The number of ether oxygens (including phenoxy) is 1. The van der Waals surface area contributed by atoms with Crippen LogP contribution in [0.15, 0.2) is 12.2 Å². The molecule has 0 radical (unpaired) electrons. The molecule has 1 atom stereocenters. The molecule has 40 heavy (non-hydrogen) atoms. The molecule has 0 aliphatic rings. The van der Waals surface area contributed by atoms with Crippen molar-refractivity contribution < 1.29 is 19.4 Å². The van der Waals surface area contributed by atoms with Gasteiger partial charge in [-0.1, -0.05) is 154 Å². The van der Waals surface area contributed by atoms with Gasteiger partial charge in [-0.25, -0.2) is 0 Å².